The maximum Gasteiger partial charge on any atom is 0.254 e. The minimum atomic E-state index is -0.281. The van der Waals surface area contributed by atoms with Gasteiger partial charge < -0.3 is 15.0 Å². The largest absolute Gasteiger partial charge is 0.393 e. The van der Waals surface area contributed by atoms with E-state index in [9.17, 15) is 14.7 Å². The fourth-order valence-corrected chi connectivity index (χ4v) is 3.12. The van der Waals surface area contributed by atoms with E-state index in [2.05, 4.69) is 23.8 Å². The standard InChI is InChI=1S/C17H27N3O3/c1-11(2)8-15(21)13-4-6-20(7-5-13)16(22)9-14-10-18-12(3)19-17(14)23/h10-11,13,15,21H,4-9H2,1-3H3,(H,18,19,23)/t15-/m0/s1. The summed E-state index contributed by atoms with van der Waals surface area (Å²) in [5.41, 5.74) is 0.163. The lowest BCUT2D eigenvalue weighted by atomic mass is 9.87. The number of hydrogen-bond donors (Lipinski definition) is 2. The van der Waals surface area contributed by atoms with Gasteiger partial charge in [0.1, 0.15) is 5.82 Å². The molecule has 0 unspecified atom stereocenters. The maximum absolute atomic E-state index is 12.3. The first kappa shape index (κ1) is 17.7. The van der Waals surface area contributed by atoms with Crippen molar-refractivity contribution in [2.24, 2.45) is 11.8 Å². The number of aliphatic hydroxyl groups is 1. The molecule has 1 saturated heterocycles. The monoisotopic (exact) mass is 321 g/mol. The van der Waals surface area contributed by atoms with Crippen molar-refractivity contribution in [3.05, 3.63) is 27.9 Å². The van der Waals surface area contributed by atoms with Crippen LogP contribution < -0.4 is 5.56 Å². The van der Waals surface area contributed by atoms with Crippen LogP contribution in [-0.2, 0) is 11.2 Å². The number of aromatic nitrogens is 2. The van der Waals surface area contributed by atoms with Gasteiger partial charge in [-0.1, -0.05) is 13.8 Å². The Morgan fingerprint density at radius 3 is 2.65 bits per heavy atom. The molecule has 2 rings (SSSR count). The third kappa shape index (κ3) is 4.89. The van der Waals surface area contributed by atoms with Gasteiger partial charge in [-0.15, -0.1) is 0 Å². The zero-order valence-electron chi connectivity index (χ0n) is 14.2. The van der Waals surface area contributed by atoms with Crippen LogP contribution in [0, 0.1) is 18.8 Å². The molecule has 2 N–H and O–H groups in total. The van der Waals surface area contributed by atoms with Crippen molar-refractivity contribution in [1.82, 2.24) is 14.9 Å². The van der Waals surface area contributed by atoms with Gasteiger partial charge in [-0.2, -0.15) is 0 Å². The van der Waals surface area contributed by atoms with Crippen LogP contribution in [0.4, 0.5) is 0 Å². The third-order valence-electron chi connectivity index (χ3n) is 4.49. The molecule has 6 nitrogen and oxygen atoms in total. The molecule has 0 saturated carbocycles. The number of aliphatic hydroxyl groups excluding tert-OH is 1. The summed E-state index contributed by atoms with van der Waals surface area (Å²) in [6.07, 6.45) is 3.73. The van der Waals surface area contributed by atoms with Gasteiger partial charge in [-0.3, -0.25) is 9.59 Å². The number of piperidine rings is 1. The van der Waals surface area contributed by atoms with E-state index in [4.69, 9.17) is 0 Å². The molecule has 1 aromatic heterocycles. The molecule has 1 fully saturated rings. The Labute approximate surface area is 136 Å². The Hall–Kier alpha value is -1.69. The molecule has 1 atom stereocenters. The third-order valence-corrected chi connectivity index (χ3v) is 4.49. The molecule has 1 aliphatic rings. The van der Waals surface area contributed by atoms with E-state index in [-0.39, 0.29) is 29.9 Å². The van der Waals surface area contributed by atoms with Crippen LogP contribution in [0.1, 0.15) is 44.5 Å². The van der Waals surface area contributed by atoms with Gasteiger partial charge in [0.15, 0.2) is 0 Å². The molecule has 128 valence electrons. The topological polar surface area (TPSA) is 86.3 Å². The number of rotatable bonds is 5. The van der Waals surface area contributed by atoms with E-state index in [1.54, 1.807) is 11.8 Å². The van der Waals surface area contributed by atoms with Gasteiger partial charge in [-0.25, -0.2) is 4.98 Å². The summed E-state index contributed by atoms with van der Waals surface area (Å²) in [5.74, 6) is 1.25. The van der Waals surface area contributed by atoms with Crippen molar-refractivity contribution < 1.29 is 9.90 Å². The first-order chi connectivity index (χ1) is 10.9. The van der Waals surface area contributed by atoms with Gasteiger partial charge in [0, 0.05) is 24.8 Å². The predicted octanol–water partition coefficient (Wildman–Crippen LogP) is 1.27. The molecule has 0 aliphatic carbocycles. The van der Waals surface area contributed by atoms with Crippen LogP contribution in [0.2, 0.25) is 0 Å². The Balaban J connectivity index is 1.87. The number of aromatic amines is 1. The molecule has 1 aliphatic heterocycles. The van der Waals surface area contributed by atoms with Crippen molar-refractivity contribution in [3.63, 3.8) is 0 Å². The summed E-state index contributed by atoms with van der Waals surface area (Å²) in [5, 5.41) is 10.2. The minimum Gasteiger partial charge on any atom is -0.393 e. The normalized spacial score (nSPS) is 17.5. The predicted molar refractivity (Wildman–Crippen MR) is 88.1 cm³/mol. The van der Waals surface area contributed by atoms with Crippen LogP contribution in [0.3, 0.4) is 0 Å². The van der Waals surface area contributed by atoms with Crippen molar-refractivity contribution >= 4 is 5.91 Å². The van der Waals surface area contributed by atoms with Crippen LogP contribution in [0.15, 0.2) is 11.0 Å². The zero-order valence-corrected chi connectivity index (χ0v) is 14.2. The number of aryl methyl sites for hydroxylation is 1. The fraction of sp³-hybridized carbons (Fsp3) is 0.706. The lowest BCUT2D eigenvalue weighted by Crippen LogP contribution is -2.42. The summed E-state index contributed by atoms with van der Waals surface area (Å²) < 4.78 is 0. The number of nitrogens with one attached hydrogen (secondary N) is 1. The van der Waals surface area contributed by atoms with Gasteiger partial charge in [-0.05, 0) is 38.0 Å². The SMILES string of the molecule is Cc1ncc(CC(=O)N2CCC([C@@H](O)CC(C)C)CC2)c(=O)[nH]1. The molecule has 0 bridgehead atoms. The second kappa shape index (κ2) is 7.73. The van der Waals surface area contributed by atoms with E-state index in [0.717, 1.165) is 19.3 Å². The molecular formula is C17H27N3O3. The number of H-pyrrole nitrogens is 1. The number of nitrogens with zero attached hydrogens (tertiary/aromatic N) is 2. The minimum absolute atomic E-state index is 0.0436. The van der Waals surface area contributed by atoms with Gasteiger partial charge in [0.05, 0.1) is 12.5 Å². The van der Waals surface area contributed by atoms with Gasteiger partial charge >= 0.3 is 0 Å². The van der Waals surface area contributed by atoms with Gasteiger partial charge in [0.25, 0.3) is 5.56 Å². The summed E-state index contributed by atoms with van der Waals surface area (Å²) in [7, 11) is 0. The fourth-order valence-electron chi connectivity index (χ4n) is 3.12. The zero-order chi connectivity index (χ0) is 17.0. The Kier molecular flexibility index (Phi) is 5.93. The van der Waals surface area contributed by atoms with Crippen molar-refractivity contribution in [3.8, 4) is 0 Å². The van der Waals surface area contributed by atoms with Crippen molar-refractivity contribution in [2.45, 2.75) is 52.6 Å². The van der Waals surface area contributed by atoms with E-state index < -0.39 is 0 Å². The molecule has 0 spiro atoms. The van der Waals surface area contributed by atoms with Crippen LogP contribution >= 0.6 is 0 Å². The maximum atomic E-state index is 12.3. The quantitative estimate of drug-likeness (QED) is 0.855. The lowest BCUT2D eigenvalue weighted by molar-refractivity contribution is -0.132. The highest BCUT2D eigenvalue weighted by Gasteiger charge is 2.28. The Morgan fingerprint density at radius 2 is 2.09 bits per heavy atom. The number of hydrogen-bond acceptors (Lipinski definition) is 4. The number of likely N-dealkylation sites (tertiary alicyclic amines) is 1. The first-order valence-corrected chi connectivity index (χ1v) is 8.37. The molecule has 2 heterocycles. The first-order valence-electron chi connectivity index (χ1n) is 8.37. The average molecular weight is 321 g/mol. The van der Waals surface area contributed by atoms with E-state index in [1.807, 2.05) is 0 Å². The van der Waals surface area contributed by atoms with Gasteiger partial charge in [0.2, 0.25) is 5.91 Å². The summed E-state index contributed by atoms with van der Waals surface area (Å²) in [6.45, 7) is 7.22. The molecular weight excluding hydrogens is 294 g/mol. The van der Waals surface area contributed by atoms with Crippen LogP contribution in [-0.4, -0.2) is 45.1 Å². The molecule has 0 radical (unpaired) electrons. The Bertz CT molecular complexity index is 589. The lowest BCUT2D eigenvalue weighted by Gasteiger charge is -2.34. The second-order valence-electron chi connectivity index (χ2n) is 6.91. The second-order valence-corrected chi connectivity index (χ2v) is 6.91. The molecule has 1 aromatic rings. The van der Waals surface area contributed by atoms with Crippen molar-refractivity contribution in [1.29, 1.82) is 0 Å². The van der Waals surface area contributed by atoms with Crippen molar-refractivity contribution in [2.75, 3.05) is 13.1 Å². The van der Waals surface area contributed by atoms with Crippen LogP contribution in [0.25, 0.3) is 0 Å². The van der Waals surface area contributed by atoms with E-state index >= 15 is 0 Å². The summed E-state index contributed by atoms with van der Waals surface area (Å²) in [4.78, 5) is 32.6. The highest BCUT2D eigenvalue weighted by molar-refractivity contribution is 5.78. The Morgan fingerprint density at radius 1 is 1.43 bits per heavy atom. The number of carbonyl (C=O) groups is 1. The summed E-state index contributed by atoms with van der Waals surface area (Å²) in [6, 6.07) is 0. The number of amides is 1. The summed E-state index contributed by atoms with van der Waals surface area (Å²) >= 11 is 0. The highest BCUT2D eigenvalue weighted by Crippen LogP contribution is 2.24. The molecule has 0 aromatic carbocycles. The van der Waals surface area contributed by atoms with E-state index in [1.165, 1.54) is 6.20 Å². The van der Waals surface area contributed by atoms with Crippen LogP contribution in [0.5, 0.6) is 0 Å². The number of carbonyl (C=O) groups excluding carboxylic acids is 1. The molecule has 23 heavy (non-hydrogen) atoms. The highest BCUT2D eigenvalue weighted by atomic mass is 16.3. The van der Waals surface area contributed by atoms with E-state index in [0.29, 0.717) is 30.4 Å². The molecule has 1 amide bonds. The molecule has 6 heteroatoms. The smallest absolute Gasteiger partial charge is 0.254 e. The average Bonchev–Trinajstić information content (AvgIpc) is 2.49.